The van der Waals surface area contributed by atoms with Gasteiger partial charge >= 0.3 is 0 Å². The molecule has 2 aliphatic rings. The Morgan fingerprint density at radius 2 is 2.27 bits per heavy atom. The van der Waals surface area contributed by atoms with E-state index in [0.29, 0.717) is 25.1 Å². The van der Waals surface area contributed by atoms with Crippen LogP contribution >= 0.6 is 0 Å². The van der Waals surface area contributed by atoms with Crippen molar-refractivity contribution in [3.8, 4) is 5.75 Å². The Morgan fingerprint density at radius 3 is 3.00 bits per heavy atom. The van der Waals surface area contributed by atoms with Crippen LogP contribution < -0.4 is 4.74 Å². The van der Waals surface area contributed by atoms with Gasteiger partial charge in [-0.1, -0.05) is 12.1 Å². The highest BCUT2D eigenvalue weighted by Gasteiger charge is 2.32. The van der Waals surface area contributed by atoms with Crippen molar-refractivity contribution >= 4 is 5.91 Å². The van der Waals surface area contributed by atoms with E-state index in [1.807, 2.05) is 29.2 Å². The number of aromatic nitrogens is 3. The fourth-order valence-electron chi connectivity index (χ4n) is 3.21. The van der Waals surface area contributed by atoms with Crippen LogP contribution in [0.3, 0.4) is 0 Å². The number of hydrogen-bond acceptors (Lipinski definition) is 5. The van der Waals surface area contributed by atoms with Crippen molar-refractivity contribution in [2.24, 2.45) is 5.92 Å². The summed E-state index contributed by atoms with van der Waals surface area (Å²) in [5.74, 6) is 1.41. The number of carbonyl (C=O) groups excluding carboxylic acids is 1. The van der Waals surface area contributed by atoms with Crippen LogP contribution in [-0.2, 0) is 22.6 Å². The molecule has 1 atom stereocenters. The topological polar surface area (TPSA) is 69.5 Å². The van der Waals surface area contributed by atoms with Gasteiger partial charge in [0.1, 0.15) is 24.9 Å². The van der Waals surface area contributed by atoms with Crippen molar-refractivity contribution in [2.75, 3.05) is 19.8 Å². The van der Waals surface area contributed by atoms with Crippen molar-refractivity contribution in [3.63, 3.8) is 0 Å². The molecule has 2 heterocycles. The van der Waals surface area contributed by atoms with E-state index in [1.165, 1.54) is 6.33 Å². The molecule has 1 amide bonds. The molecule has 0 bridgehead atoms. The second-order valence-corrected chi connectivity index (χ2v) is 7.03. The Bertz CT molecular complexity index is 724. The molecule has 1 saturated carbocycles. The lowest BCUT2D eigenvalue weighted by molar-refractivity contribution is -0.133. The zero-order valence-corrected chi connectivity index (χ0v) is 14.8. The molecule has 4 rings (SSSR count). The van der Waals surface area contributed by atoms with Crippen LogP contribution in [0.25, 0.3) is 0 Å². The summed E-state index contributed by atoms with van der Waals surface area (Å²) in [6, 6.07) is 8.38. The first-order chi connectivity index (χ1) is 12.8. The maximum Gasteiger partial charge on any atom is 0.244 e. The third-order valence-electron chi connectivity index (χ3n) is 4.83. The van der Waals surface area contributed by atoms with E-state index in [1.54, 1.807) is 11.0 Å². The third-order valence-corrected chi connectivity index (χ3v) is 4.83. The monoisotopic (exact) mass is 356 g/mol. The largest absolute Gasteiger partial charge is 0.493 e. The molecule has 1 saturated heterocycles. The molecule has 1 aliphatic heterocycles. The summed E-state index contributed by atoms with van der Waals surface area (Å²) in [7, 11) is 0. The lowest BCUT2D eigenvalue weighted by Gasteiger charge is -2.23. The lowest BCUT2D eigenvalue weighted by Crippen LogP contribution is -2.35. The number of ether oxygens (including phenoxy) is 2. The molecule has 0 spiro atoms. The van der Waals surface area contributed by atoms with Crippen molar-refractivity contribution in [1.29, 1.82) is 0 Å². The first-order valence-electron chi connectivity index (χ1n) is 9.19. The molecule has 1 aliphatic carbocycles. The van der Waals surface area contributed by atoms with Gasteiger partial charge in [-0.2, -0.15) is 5.10 Å². The van der Waals surface area contributed by atoms with E-state index < -0.39 is 0 Å². The quantitative estimate of drug-likeness (QED) is 0.722. The first-order valence-corrected chi connectivity index (χ1v) is 9.19. The van der Waals surface area contributed by atoms with Crippen LogP contribution in [0.4, 0.5) is 0 Å². The van der Waals surface area contributed by atoms with Gasteiger partial charge in [0.05, 0.1) is 13.2 Å². The van der Waals surface area contributed by atoms with Crippen LogP contribution in [0.5, 0.6) is 5.75 Å². The van der Waals surface area contributed by atoms with Gasteiger partial charge in [-0.3, -0.25) is 4.79 Å². The zero-order valence-electron chi connectivity index (χ0n) is 14.8. The van der Waals surface area contributed by atoms with Gasteiger partial charge in [-0.05, 0) is 37.0 Å². The number of carbonyl (C=O) groups is 1. The SMILES string of the molecule is O=C(Cn1cncn1)N(Cc1cccc(OCC2CCOC2)c1)C1CC1. The van der Waals surface area contributed by atoms with E-state index in [4.69, 9.17) is 9.47 Å². The second kappa shape index (κ2) is 7.86. The van der Waals surface area contributed by atoms with Gasteiger partial charge in [0, 0.05) is 25.1 Å². The zero-order chi connectivity index (χ0) is 17.8. The molecule has 7 heteroatoms. The van der Waals surface area contributed by atoms with Gasteiger partial charge in [-0.25, -0.2) is 9.67 Å². The summed E-state index contributed by atoms with van der Waals surface area (Å²) >= 11 is 0. The van der Waals surface area contributed by atoms with Crippen LogP contribution in [0.2, 0.25) is 0 Å². The molecule has 1 aromatic carbocycles. The number of rotatable bonds is 8. The van der Waals surface area contributed by atoms with E-state index in [-0.39, 0.29) is 12.5 Å². The minimum atomic E-state index is 0.0763. The number of benzene rings is 1. The Morgan fingerprint density at radius 1 is 1.35 bits per heavy atom. The van der Waals surface area contributed by atoms with Crippen LogP contribution in [0, 0.1) is 5.92 Å². The lowest BCUT2D eigenvalue weighted by atomic mass is 10.1. The summed E-state index contributed by atoms with van der Waals surface area (Å²) < 4.78 is 12.9. The average Bonchev–Trinajstić information content (AvgIpc) is 3.12. The van der Waals surface area contributed by atoms with E-state index in [9.17, 15) is 4.79 Å². The van der Waals surface area contributed by atoms with E-state index in [0.717, 1.165) is 43.8 Å². The molecule has 2 fully saturated rings. The fraction of sp³-hybridized carbons (Fsp3) is 0.526. The predicted octanol–water partition coefficient (Wildman–Crippen LogP) is 1.88. The molecule has 7 nitrogen and oxygen atoms in total. The summed E-state index contributed by atoms with van der Waals surface area (Å²) in [6.07, 6.45) is 6.23. The van der Waals surface area contributed by atoms with Crippen LogP contribution in [-0.4, -0.2) is 51.4 Å². The Balaban J connectivity index is 1.37. The van der Waals surface area contributed by atoms with Crippen molar-refractivity contribution < 1.29 is 14.3 Å². The molecular formula is C19H24N4O3. The molecule has 26 heavy (non-hydrogen) atoms. The minimum Gasteiger partial charge on any atom is -0.493 e. The van der Waals surface area contributed by atoms with Crippen molar-refractivity contribution in [1.82, 2.24) is 19.7 Å². The molecule has 2 aromatic rings. The number of nitrogens with zero attached hydrogens (tertiary/aromatic N) is 4. The van der Waals surface area contributed by atoms with Crippen LogP contribution in [0.15, 0.2) is 36.9 Å². The fourth-order valence-corrected chi connectivity index (χ4v) is 3.21. The summed E-state index contributed by atoms with van der Waals surface area (Å²) in [6.45, 7) is 3.13. The third kappa shape index (κ3) is 4.40. The summed E-state index contributed by atoms with van der Waals surface area (Å²) in [5, 5.41) is 4.03. The molecule has 138 valence electrons. The van der Waals surface area contributed by atoms with E-state index >= 15 is 0 Å². The van der Waals surface area contributed by atoms with Crippen molar-refractivity contribution in [2.45, 2.75) is 38.4 Å². The predicted molar refractivity (Wildman–Crippen MR) is 94.5 cm³/mol. The molecule has 0 N–H and O–H groups in total. The van der Waals surface area contributed by atoms with Gasteiger partial charge in [0.25, 0.3) is 0 Å². The highest BCUT2D eigenvalue weighted by molar-refractivity contribution is 5.76. The molecule has 0 radical (unpaired) electrons. The minimum absolute atomic E-state index is 0.0763. The highest BCUT2D eigenvalue weighted by atomic mass is 16.5. The normalized spacial score (nSPS) is 19.5. The number of amides is 1. The number of hydrogen-bond donors (Lipinski definition) is 0. The second-order valence-electron chi connectivity index (χ2n) is 7.03. The smallest absolute Gasteiger partial charge is 0.244 e. The van der Waals surface area contributed by atoms with Crippen molar-refractivity contribution in [3.05, 3.63) is 42.5 Å². The van der Waals surface area contributed by atoms with Gasteiger partial charge < -0.3 is 14.4 Å². The average molecular weight is 356 g/mol. The Labute approximate surface area is 152 Å². The first kappa shape index (κ1) is 17.0. The molecular weight excluding hydrogens is 332 g/mol. The molecule has 1 aromatic heterocycles. The Hall–Kier alpha value is -2.41. The molecule has 1 unspecified atom stereocenters. The van der Waals surface area contributed by atoms with E-state index in [2.05, 4.69) is 10.1 Å². The summed E-state index contributed by atoms with van der Waals surface area (Å²) in [4.78, 5) is 18.5. The maximum atomic E-state index is 12.7. The van der Waals surface area contributed by atoms with Gasteiger partial charge in [0.2, 0.25) is 5.91 Å². The summed E-state index contributed by atoms with van der Waals surface area (Å²) in [5.41, 5.74) is 1.09. The maximum absolute atomic E-state index is 12.7. The standard InChI is InChI=1S/C19H24N4O3/c24-19(10-22-14-20-13-21-22)23(17-4-5-17)9-15-2-1-3-18(8-15)26-12-16-6-7-25-11-16/h1-3,8,13-14,16-17H,4-7,9-12H2. The van der Waals surface area contributed by atoms with Crippen LogP contribution in [0.1, 0.15) is 24.8 Å². The Kier molecular flexibility index (Phi) is 5.15. The van der Waals surface area contributed by atoms with Gasteiger partial charge in [-0.15, -0.1) is 0 Å². The van der Waals surface area contributed by atoms with Gasteiger partial charge in [0.15, 0.2) is 0 Å². The highest BCUT2D eigenvalue weighted by Crippen LogP contribution is 2.29.